The van der Waals surface area contributed by atoms with Crippen LogP contribution in [0.4, 0.5) is 0 Å². The topological polar surface area (TPSA) is 98.5 Å². The molecule has 1 N–H and O–H groups in total. The summed E-state index contributed by atoms with van der Waals surface area (Å²) in [6, 6.07) is 22.6. The van der Waals surface area contributed by atoms with Gasteiger partial charge < -0.3 is 14.5 Å². The first-order chi connectivity index (χ1) is 16.9. The first kappa shape index (κ1) is 24.2. The second-order valence-corrected chi connectivity index (χ2v) is 9.88. The lowest BCUT2D eigenvalue weighted by atomic mass is 10.1. The van der Waals surface area contributed by atoms with Crippen molar-refractivity contribution in [1.29, 1.82) is 0 Å². The number of carbonyl (C=O) groups excluding carboxylic acids is 1. The monoisotopic (exact) mass is 490 g/mol. The van der Waals surface area contributed by atoms with Crippen LogP contribution in [0.2, 0.25) is 0 Å². The molecule has 0 saturated heterocycles. The predicted molar refractivity (Wildman–Crippen MR) is 133 cm³/mol. The molecule has 35 heavy (non-hydrogen) atoms. The van der Waals surface area contributed by atoms with E-state index in [-0.39, 0.29) is 16.6 Å². The van der Waals surface area contributed by atoms with E-state index in [9.17, 15) is 13.2 Å². The lowest BCUT2D eigenvalue weighted by Crippen LogP contribution is -2.23. The lowest BCUT2D eigenvalue weighted by molar-refractivity contribution is 0.0950. The molecular weight excluding hydrogens is 464 g/mol. The molecule has 0 saturated carbocycles. The van der Waals surface area contributed by atoms with Gasteiger partial charge in [-0.25, -0.2) is 13.4 Å². The van der Waals surface area contributed by atoms with Gasteiger partial charge in [0.15, 0.2) is 9.84 Å². The Bertz CT molecular complexity index is 1410. The molecule has 0 aliphatic heterocycles. The van der Waals surface area contributed by atoms with Gasteiger partial charge in [-0.3, -0.25) is 4.79 Å². The number of aromatic nitrogens is 1. The van der Waals surface area contributed by atoms with Crippen LogP contribution in [0, 0.1) is 6.92 Å². The van der Waals surface area contributed by atoms with Crippen LogP contribution < -0.4 is 10.1 Å². The number of rotatable bonds is 9. The molecule has 0 radical (unpaired) electrons. The van der Waals surface area contributed by atoms with Gasteiger partial charge >= 0.3 is 0 Å². The second kappa shape index (κ2) is 10.6. The summed E-state index contributed by atoms with van der Waals surface area (Å²) in [4.78, 5) is 17.3. The number of nitrogens with one attached hydrogen (secondary N) is 1. The zero-order chi connectivity index (χ0) is 24.8. The van der Waals surface area contributed by atoms with Crippen LogP contribution in [-0.2, 0) is 22.1 Å². The summed E-state index contributed by atoms with van der Waals surface area (Å²) in [5.74, 6) is 1.01. The second-order valence-electron chi connectivity index (χ2n) is 7.89. The zero-order valence-electron chi connectivity index (χ0n) is 19.5. The molecule has 180 valence electrons. The van der Waals surface area contributed by atoms with E-state index in [1.54, 1.807) is 61.5 Å². The van der Waals surface area contributed by atoms with E-state index in [4.69, 9.17) is 9.15 Å². The Morgan fingerprint density at radius 3 is 2.37 bits per heavy atom. The summed E-state index contributed by atoms with van der Waals surface area (Å²) in [6.45, 7) is 4.49. The third-order valence-corrected chi connectivity index (χ3v) is 7.07. The highest BCUT2D eigenvalue weighted by molar-refractivity contribution is 7.90. The largest absolute Gasteiger partial charge is 0.494 e. The average Bonchev–Trinajstić information content (AvgIpc) is 3.23. The standard InChI is InChI=1S/C27H26N2O5S/c1-3-33-25-12-8-7-9-22(25)17-28-26(30)20-13-15-21(16-14-20)27-29-24(19(2)34-27)18-35(31,32)23-10-5-4-6-11-23/h4-16H,3,17-18H2,1-2H3,(H,28,30). The molecule has 1 aromatic heterocycles. The van der Waals surface area contributed by atoms with Gasteiger partial charge in [-0.05, 0) is 56.3 Å². The Labute approximate surface area is 204 Å². The summed E-state index contributed by atoms with van der Waals surface area (Å²) in [5, 5.41) is 2.90. The molecule has 0 aliphatic rings. The van der Waals surface area contributed by atoms with Gasteiger partial charge in [0.05, 0.1) is 17.2 Å². The predicted octanol–water partition coefficient (Wildman–Crippen LogP) is 4.95. The molecule has 7 nitrogen and oxygen atoms in total. The van der Waals surface area contributed by atoms with Crippen molar-refractivity contribution < 1.29 is 22.4 Å². The Morgan fingerprint density at radius 2 is 1.66 bits per heavy atom. The first-order valence-electron chi connectivity index (χ1n) is 11.2. The molecule has 0 spiro atoms. The number of hydrogen-bond acceptors (Lipinski definition) is 6. The van der Waals surface area contributed by atoms with E-state index >= 15 is 0 Å². The van der Waals surface area contributed by atoms with Crippen LogP contribution in [0.3, 0.4) is 0 Å². The van der Waals surface area contributed by atoms with Crippen LogP contribution in [0.25, 0.3) is 11.5 Å². The van der Waals surface area contributed by atoms with Crippen molar-refractivity contribution in [3.63, 3.8) is 0 Å². The maximum atomic E-state index is 12.7. The van der Waals surface area contributed by atoms with E-state index in [2.05, 4.69) is 10.3 Å². The SMILES string of the molecule is CCOc1ccccc1CNC(=O)c1ccc(-c2nc(CS(=O)(=O)c3ccccc3)c(C)o2)cc1. The van der Waals surface area contributed by atoms with Crippen molar-refractivity contribution in [3.05, 3.63) is 101 Å². The first-order valence-corrected chi connectivity index (χ1v) is 12.9. The van der Waals surface area contributed by atoms with Crippen molar-refractivity contribution in [2.75, 3.05) is 6.61 Å². The van der Waals surface area contributed by atoms with Gasteiger partial charge in [-0.15, -0.1) is 0 Å². The van der Waals surface area contributed by atoms with E-state index in [1.165, 1.54) is 0 Å². The van der Waals surface area contributed by atoms with Crippen molar-refractivity contribution in [1.82, 2.24) is 10.3 Å². The third kappa shape index (κ3) is 5.78. The Hall–Kier alpha value is -3.91. The number of para-hydroxylation sites is 1. The van der Waals surface area contributed by atoms with E-state index < -0.39 is 9.84 Å². The fraction of sp³-hybridized carbons (Fsp3) is 0.185. The van der Waals surface area contributed by atoms with Gasteiger partial charge in [0.2, 0.25) is 5.89 Å². The van der Waals surface area contributed by atoms with Crippen LogP contribution in [0.1, 0.15) is 34.3 Å². The molecule has 0 atom stereocenters. The van der Waals surface area contributed by atoms with Crippen molar-refractivity contribution in [2.24, 2.45) is 0 Å². The molecule has 8 heteroatoms. The van der Waals surface area contributed by atoms with Crippen LogP contribution >= 0.6 is 0 Å². The number of benzene rings is 3. The molecule has 0 aliphatic carbocycles. The minimum absolute atomic E-state index is 0.221. The van der Waals surface area contributed by atoms with Gasteiger partial charge in [0, 0.05) is 23.2 Å². The fourth-order valence-electron chi connectivity index (χ4n) is 3.56. The molecule has 0 fully saturated rings. The molecular formula is C27H26N2O5S. The molecule has 4 rings (SSSR count). The van der Waals surface area contributed by atoms with Crippen molar-refractivity contribution in [2.45, 2.75) is 31.0 Å². The quantitative estimate of drug-likeness (QED) is 0.356. The highest BCUT2D eigenvalue weighted by atomic mass is 32.2. The molecule has 1 amide bonds. The summed E-state index contributed by atoms with van der Waals surface area (Å²) in [5.41, 5.74) is 2.39. The minimum atomic E-state index is -3.54. The number of sulfone groups is 1. The molecule has 0 bridgehead atoms. The number of amides is 1. The molecule has 1 heterocycles. The highest BCUT2D eigenvalue weighted by Crippen LogP contribution is 2.25. The number of carbonyl (C=O) groups is 1. The average molecular weight is 491 g/mol. The normalized spacial score (nSPS) is 11.3. The number of oxazole rings is 1. The van der Waals surface area contributed by atoms with Gasteiger partial charge in [0.1, 0.15) is 17.3 Å². The van der Waals surface area contributed by atoms with E-state index in [1.807, 2.05) is 31.2 Å². The van der Waals surface area contributed by atoms with Crippen LogP contribution in [-0.4, -0.2) is 25.9 Å². The minimum Gasteiger partial charge on any atom is -0.494 e. The van der Waals surface area contributed by atoms with Gasteiger partial charge in [-0.1, -0.05) is 36.4 Å². The Kier molecular flexibility index (Phi) is 7.31. The molecule has 3 aromatic carbocycles. The van der Waals surface area contributed by atoms with E-state index in [0.29, 0.717) is 41.6 Å². The maximum absolute atomic E-state index is 12.7. The fourth-order valence-corrected chi connectivity index (χ4v) is 4.93. The van der Waals surface area contributed by atoms with E-state index in [0.717, 1.165) is 11.3 Å². The van der Waals surface area contributed by atoms with Gasteiger partial charge in [-0.2, -0.15) is 0 Å². The van der Waals surface area contributed by atoms with Crippen LogP contribution in [0.5, 0.6) is 5.75 Å². The lowest BCUT2D eigenvalue weighted by Gasteiger charge is -2.11. The summed E-state index contributed by atoms with van der Waals surface area (Å²) in [6.07, 6.45) is 0. The van der Waals surface area contributed by atoms with Crippen molar-refractivity contribution >= 4 is 15.7 Å². The summed E-state index contributed by atoms with van der Waals surface area (Å²) in [7, 11) is -3.54. The summed E-state index contributed by atoms with van der Waals surface area (Å²) < 4.78 is 36.7. The van der Waals surface area contributed by atoms with Gasteiger partial charge in [0.25, 0.3) is 5.91 Å². The molecule has 4 aromatic rings. The Balaban J connectivity index is 1.44. The maximum Gasteiger partial charge on any atom is 0.251 e. The smallest absolute Gasteiger partial charge is 0.251 e. The molecule has 0 unspecified atom stereocenters. The Morgan fingerprint density at radius 1 is 0.971 bits per heavy atom. The third-order valence-electron chi connectivity index (χ3n) is 5.43. The van der Waals surface area contributed by atoms with Crippen molar-refractivity contribution in [3.8, 4) is 17.2 Å². The zero-order valence-corrected chi connectivity index (χ0v) is 20.3. The number of ether oxygens (including phenoxy) is 1. The number of nitrogens with zero attached hydrogens (tertiary/aromatic N) is 1. The number of hydrogen-bond donors (Lipinski definition) is 1. The van der Waals surface area contributed by atoms with Crippen LogP contribution in [0.15, 0.2) is 88.2 Å². The highest BCUT2D eigenvalue weighted by Gasteiger charge is 2.21. The number of aryl methyl sites for hydroxylation is 1. The summed E-state index contributed by atoms with van der Waals surface area (Å²) >= 11 is 0.